The van der Waals surface area contributed by atoms with Gasteiger partial charge in [-0.3, -0.25) is 0 Å². The van der Waals surface area contributed by atoms with Crippen LogP contribution >= 0.6 is 18.6 Å². The maximum atomic E-state index is 5.34. The Kier molecular flexibility index (Phi) is 8.51. The van der Waals surface area contributed by atoms with Crippen LogP contribution in [0.3, 0.4) is 0 Å². The zero-order valence-electron chi connectivity index (χ0n) is 16.6. The standard InChI is InChI=1S/2C11H11.C2H4.2ClH.Ti/c2*1-8-6-7-9(2)11-5-3-4-10(8)11;1-2;;;/h2*3-7H,1-2H3;1H,2H3;2*1H;/q2*-1;;;;+2/p-2. The Balaban J connectivity index is 0.000000157. The fraction of sp³-hybridized carbons (Fsp3) is 0.208. The van der Waals surface area contributed by atoms with Crippen molar-refractivity contribution in [3.8, 4) is 0 Å². The zero-order valence-corrected chi connectivity index (χ0v) is 19.7. The van der Waals surface area contributed by atoms with Crippen LogP contribution in [0.5, 0.6) is 0 Å². The SMILES string of the molecule is C[CH]=[Ti]([Cl])[Cl].Cc1ccc(C)c2[cH-]ccc12.Cc1ccc(C)c2[cH-]ccc12. The Morgan fingerprint density at radius 1 is 0.667 bits per heavy atom. The molecule has 0 aliphatic heterocycles. The molecule has 0 aliphatic rings. The summed E-state index contributed by atoms with van der Waals surface area (Å²) in [6, 6.07) is 21.7. The molecular formula is C24H26Cl2Ti-2. The van der Waals surface area contributed by atoms with E-state index >= 15 is 0 Å². The largest absolute Gasteiger partial charge is 0.168 e. The number of halogens is 2. The van der Waals surface area contributed by atoms with E-state index in [-0.39, 0.29) is 0 Å². The van der Waals surface area contributed by atoms with Gasteiger partial charge in [-0.25, -0.2) is 0 Å². The summed E-state index contributed by atoms with van der Waals surface area (Å²) < 4.78 is 1.86. The van der Waals surface area contributed by atoms with E-state index in [1.54, 1.807) is 0 Å². The summed E-state index contributed by atoms with van der Waals surface area (Å²) in [7, 11) is 10.7. The molecule has 3 heteroatoms. The molecule has 0 aromatic heterocycles. The van der Waals surface area contributed by atoms with Crippen molar-refractivity contribution in [3.05, 3.63) is 82.9 Å². The monoisotopic (exact) mass is 432 g/mol. The first-order chi connectivity index (χ1) is 12.8. The first-order valence-corrected chi connectivity index (χ1v) is 14.3. The molecule has 0 saturated heterocycles. The Hall–Kier alpha value is -1.18. The molecule has 0 saturated carbocycles. The molecule has 0 unspecified atom stereocenters. The molecule has 0 aliphatic carbocycles. The summed E-state index contributed by atoms with van der Waals surface area (Å²) in [4.78, 5) is 0. The van der Waals surface area contributed by atoms with Gasteiger partial charge in [0.1, 0.15) is 0 Å². The van der Waals surface area contributed by atoms with Crippen molar-refractivity contribution in [1.29, 1.82) is 0 Å². The fourth-order valence-electron chi connectivity index (χ4n) is 3.07. The predicted molar refractivity (Wildman–Crippen MR) is 121 cm³/mol. The van der Waals surface area contributed by atoms with E-state index in [0.717, 1.165) is 0 Å². The van der Waals surface area contributed by atoms with Gasteiger partial charge in [0.2, 0.25) is 0 Å². The summed E-state index contributed by atoms with van der Waals surface area (Å²) in [5.41, 5.74) is 5.48. The van der Waals surface area contributed by atoms with Crippen molar-refractivity contribution < 1.29 is 15.3 Å². The second kappa shape index (κ2) is 10.4. The van der Waals surface area contributed by atoms with E-state index in [2.05, 4.69) is 88.4 Å². The van der Waals surface area contributed by atoms with Gasteiger partial charge >= 0.3 is 45.1 Å². The van der Waals surface area contributed by atoms with Gasteiger partial charge in [0, 0.05) is 0 Å². The van der Waals surface area contributed by atoms with Gasteiger partial charge in [-0.1, -0.05) is 37.1 Å². The summed E-state index contributed by atoms with van der Waals surface area (Å²) in [5, 5.41) is 5.57. The molecule has 0 amide bonds. The summed E-state index contributed by atoms with van der Waals surface area (Å²) in [5.74, 6) is 0. The topological polar surface area (TPSA) is 0 Å². The second-order valence-electron chi connectivity index (χ2n) is 6.68. The zero-order chi connectivity index (χ0) is 20.0. The van der Waals surface area contributed by atoms with Gasteiger partial charge in [0.05, 0.1) is 0 Å². The smallest absolute Gasteiger partial charge is 0.0488 e. The number of hydrogen-bond donors (Lipinski definition) is 0. The number of hydrogen-bond acceptors (Lipinski definition) is 0. The molecule has 0 nitrogen and oxygen atoms in total. The minimum absolute atomic E-state index is 1.37. The molecule has 0 atom stereocenters. The summed E-state index contributed by atoms with van der Waals surface area (Å²) >= 11 is -1.54. The Bertz CT molecular complexity index is 897. The average Bonchev–Trinajstić information content (AvgIpc) is 3.33. The molecule has 4 aromatic rings. The van der Waals surface area contributed by atoms with E-state index < -0.39 is 15.3 Å². The Labute approximate surface area is 176 Å². The molecule has 4 rings (SSSR count). The normalized spacial score (nSPS) is 10.0. The second-order valence-corrected chi connectivity index (χ2v) is 12.6. The van der Waals surface area contributed by atoms with Crippen LogP contribution in [0.2, 0.25) is 0 Å². The maximum absolute atomic E-state index is 5.34. The van der Waals surface area contributed by atoms with Crippen LogP contribution in [0.25, 0.3) is 21.5 Å². The van der Waals surface area contributed by atoms with E-state index in [1.165, 1.54) is 43.8 Å². The minimum Gasteiger partial charge on any atom is -0.168 e. The van der Waals surface area contributed by atoms with Crippen LogP contribution in [0.1, 0.15) is 29.2 Å². The van der Waals surface area contributed by atoms with Crippen LogP contribution in [0, 0.1) is 27.7 Å². The number of benzene rings is 2. The average molecular weight is 433 g/mol. The summed E-state index contributed by atoms with van der Waals surface area (Å²) in [6.07, 6.45) is 0. The third-order valence-corrected chi connectivity index (χ3v) is 7.20. The number of rotatable bonds is 0. The number of aryl methyl sites for hydroxylation is 4. The van der Waals surface area contributed by atoms with Crippen molar-refractivity contribution in [1.82, 2.24) is 0 Å². The van der Waals surface area contributed by atoms with Gasteiger partial charge in [0.15, 0.2) is 0 Å². The van der Waals surface area contributed by atoms with Crippen molar-refractivity contribution in [2.75, 3.05) is 0 Å². The van der Waals surface area contributed by atoms with Crippen molar-refractivity contribution in [2.24, 2.45) is 0 Å². The Morgan fingerprint density at radius 3 is 1.30 bits per heavy atom. The maximum Gasteiger partial charge on any atom is -0.0488 e. The molecule has 4 aromatic carbocycles. The first kappa shape index (κ1) is 22.1. The first-order valence-electron chi connectivity index (χ1n) is 9.05. The molecule has 0 bridgehead atoms. The van der Waals surface area contributed by atoms with Crippen LogP contribution in [-0.2, 0) is 15.3 Å². The van der Waals surface area contributed by atoms with Gasteiger partial charge in [-0.2, -0.15) is 24.3 Å². The van der Waals surface area contributed by atoms with E-state index in [0.29, 0.717) is 0 Å². The molecule has 142 valence electrons. The molecule has 0 fully saturated rings. The number of fused-ring (bicyclic) bond motifs is 2. The van der Waals surface area contributed by atoms with E-state index in [4.69, 9.17) is 18.6 Å². The molecule has 0 spiro atoms. The van der Waals surface area contributed by atoms with Gasteiger partial charge in [0.25, 0.3) is 0 Å². The van der Waals surface area contributed by atoms with Gasteiger partial charge in [-0.05, 0) is 13.8 Å². The van der Waals surface area contributed by atoms with Crippen molar-refractivity contribution in [2.45, 2.75) is 34.6 Å². The van der Waals surface area contributed by atoms with Crippen LogP contribution in [0.15, 0.2) is 60.7 Å². The van der Waals surface area contributed by atoms with Crippen LogP contribution in [-0.4, -0.2) is 4.31 Å². The fourth-order valence-corrected chi connectivity index (χ4v) is 3.07. The third kappa shape index (κ3) is 5.90. The molecule has 27 heavy (non-hydrogen) atoms. The molecule has 0 N–H and O–H groups in total. The summed E-state index contributed by atoms with van der Waals surface area (Å²) in [6.45, 7) is 10.5. The Morgan fingerprint density at radius 2 is 1.00 bits per heavy atom. The minimum atomic E-state index is -1.54. The van der Waals surface area contributed by atoms with E-state index in [1.807, 2.05) is 11.2 Å². The quantitative estimate of drug-likeness (QED) is 0.194. The van der Waals surface area contributed by atoms with E-state index in [9.17, 15) is 0 Å². The van der Waals surface area contributed by atoms with Crippen LogP contribution in [0.4, 0.5) is 0 Å². The van der Waals surface area contributed by atoms with Crippen molar-refractivity contribution >= 4 is 44.5 Å². The van der Waals surface area contributed by atoms with Crippen LogP contribution < -0.4 is 0 Å². The third-order valence-electron chi connectivity index (χ3n) is 4.72. The molecule has 0 heterocycles. The van der Waals surface area contributed by atoms with Gasteiger partial charge < -0.3 is 0 Å². The van der Waals surface area contributed by atoms with Gasteiger partial charge in [-0.15, -0.1) is 56.9 Å². The molecule has 0 radical (unpaired) electrons. The van der Waals surface area contributed by atoms with Crippen molar-refractivity contribution in [3.63, 3.8) is 0 Å². The predicted octanol–water partition coefficient (Wildman–Crippen LogP) is 8.09. The molecular weight excluding hydrogens is 407 g/mol.